The molecule has 1 atom stereocenters. The molecule has 0 amide bonds. The van der Waals surface area contributed by atoms with Crippen LogP contribution in [0, 0.1) is 5.82 Å². The lowest BCUT2D eigenvalue weighted by atomic mass is 9.87. The van der Waals surface area contributed by atoms with Crippen molar-refractivity contribution in [3.8, 4) is 0 Å². The Balaban J connectivity index is 1.28. The summed E-state index contributed by atoms with van der Waals surface area (Å²) >= 11 is 0. The molecule has 2 aliphatic rings. The number of halogens is 1. The fourth-order valence-corrected chi connectivity index (χ4v) is 4.29. The van der Waals surface area contributed by atoms with Crippen LogP contribution in [0.25, 0.3) is 0 Å². The predicted octanol–water partition coefficient (Wildman–Crippen LogP) is 3.48. The van der Waals surface area contributed by atoms with Crippen LogP contribution in [0.1, 0.15) is 30.5 Å². The van der Waals surface area contributed by atoms with Gasteiger partial charge in [0.1, 0.15) is 5.82 Å². The maximum Gasteiger partial charge on any atom is 0.123 e. The van der Waals surface area contributed by atoms with E-state index in [4.69, 9.17) is 4.74 Å². The third-order valence-corrected chi connectivity index (χ3v) is 6.04. The molecular weight excluding hydrogens is 341 g/mol. The SMILES string of the molecule is CN(Cc1ccccn1)[C@@H]1COC2(CCN(Cc3ccc(F)cc3)CC2)C1. The highest BCUT2D eigenvalue weighted by molar-refractivity contribution is 5.16. The normalized spacial score (nSPS) is 22.6. The van der Waals surface area contributed by atoms with Gasteiger partial charge in [0.25, 0.3) is 0 Å². The first kappa shape index (κ1) is 18.5. The second-order valence-corrected chi connectivity index (χ2v) is 7.99. The largest absolute Gasteiger partial charge is 0.373 e. The Morgan fingerprint density at radius 3 is 2.67 bits per heavy atom. The Labute approximate surface area is 161 Å². The minimum atomic E-state index is -0.170. The molecule has 4 nitrogen and oxygen atoms in total. The number of likely N-dealkylation sites (tertiary alicyclic amines) is 1. The molecule has 0 bridgehead atoms. The van der Waals surface area contributed by atoms with Crippen molar-refractivity contribution in [2.75, 3.05) is 26.7 Å². The molecule has 0 saturated carbocycles. The lowest BCUT2D eigenvalue weighted by Crippen LogP contribution is -2.44. The summed E-state index contributed by atoms with van der Waals surface area (Å²) in [7, 11) is 2.17. The molecule has 0 aliphatic carbocycles. The van der Waals surface area contributed by atoms with Crippen molar-refractivity contribution in [1.82, 2.24) is 14.8 Å². The van der Waals surface area contributed by atoms with Crippen molar-refractivity contribution in [1.29, 1.82) is 0 Å². The highest BCUT2D eigenvalue weighted by Gasteiger charge is 2.43. The van der Waals surface area contributed by atoms with Crippen molar-refractivity contribution in [2.24, 2.45) is 0 Å². The van der Waals surface area contributed by atoms with E-state index in [2.05, 4.69) is 27.9 Å². The average molecular weight is 369 g/mol. The monoisotopic (exact) mass is 369 g/mol. The van der Waals surface area contributed by atoms with Gasteiger partial charge in [-0.1, -0.05) is 18.2 Å². The maximum absolute atomic E-state index is 13.1. The number of aromatic nitrogens is 1. The van der Waals surface area contributed by atoms with E-state index in [-0.39, 0.29) is 11.4 Å². The van der Waals surface area contributed by atoms with Gasteiger partial charge in [0.15, 0.2) is 0 Å². The zero-order chi connectivity index (χ0) is 18.7. The molecule has 27 heavy (non-hydrogen) atoms. The first-order valence-corrected chi connectivity index (χ1v) is 9.83. The summed E-state index contributed by atoms with van der Waals surface area (Å²) in [6.45, 7) is 4.63. The van der Waals surface area contributed by atoms with E-state index in [0.29, 0.717) is 6.04 Å². The second-order valence-electron chi connectivity index (χ2n) is 7.99. The number of likely N-dealkylation sites (N-methyl/N-ethyl adjacent to an activating group) is 1. The lowest BCUT2D eigenvalue weighted by Gasteiger charge is -2.39. The fraction of sp³-hybridized carbons (Fsp3) is 0.500. The summed E-state index contributed by atoms with van der Waals surface area (Å²) in [4.78, 5) is 9.26. The van der Waals surface area contributed by atoms with Gasteiger partial charge in [-0.2, -0.15) is 0 Å². The Bertz CT molecular complexity index is 729. The predicted molar refractivity (Wildman–Crippen MR) is 104 cm³/mol. The van der Waals surface area contributed by atoms with Gasteiger partial charge in [-0.3, -0.25) is 14.8 Å². The summed E-state index contributed by atoms with van der Waals surface area (Å²) in [6.07, 6.45) is 5.09. The van der Waals surface area contributed by atoms with E-state index < -0.39 is 0 Å². The molecule has 1 aromatic carbocycles. The van der Waals surface area contributed by atoms with Gasteiger partial charge >= 0.3 is 0 Å². The molecule has 144 valence electrons. The number of pyridine rings is 1. The number of benzene rings is 1. The van der Waals surface area contributed by atoms with Crippen molar-refractivity contribution in [3.05, 3.63) is 65.7 Å². The van der Waals surface area contributed by atoms with Gasteiger partial charge in [0.05, 0.1) is 17.9 Å². The van der Waals surface area contributed by atoms with Crippen LogP contribution in [0.4, 0.5) is 4.39 Å². The maximum atomic E-state index is 13.1. The Morgan fingerprint density at radius 2 is 1.96 bits per heavy atom. The molecule has 2 fully saturated rings. The molecule has 1 spiro atoms. The van der Waals surface area contributed by atoms with Crippen LogP contribution in [0.15, 0.2) is 48.7 Å². The van der Waals surface area contributed by atoms with Crippen LogP contribution >= 0.6 is 0 Å². The van der Waals surface area contributed by atoms with E-state index in [0.717, 1.165) is 57.7 Å². The summed E-state index contributed by atoms with van der Waals surface area (Å²) < 4.78 is 19.4. The Kier molecular flexibility index (Phi) is 5.53. The van der Waals surface area contributed by atoms with Crippen molar-refractivity contribution < 1.29 is 9.13 Å². The van der Waals surface area contributed by atoms with Crippen molar-refractivity contribution in [3.63, 3.8) is 0 Å². The fourth-order valence-electron chi connectivity index (χ4n) is 4.29. The summed E-state index contributed by atoms with van der Waals surface area (Å²) in [5, 5.41) is 0. The third-order valence-electron chi connectivity index (χ3n) is 6.04. The molecule has 0 unspecified atom stereocenters. The molecule has 2 aliphatic heterocycles. The van der Waals surface area contributed by atoms with Gasteiger partial charge < -0.3 is 4.74 Å². The molecule has 2 saturated heterocycles. The number of hydrogen-bond donors (Lipinski definition) is 0. The Morgan fingerprint density at radius 1 is 1.19 bits per heavy atom. The quantitative estimate of drug-likeness (QED) is 0.807. The van der Waals surface area contributed by atoms with Crippen LogP contribution in [0.2, 0.25) is 0 Å². The first-order chi connectivity index (χ1) is 13.1. The van der Waals surface area contributed by atoms with Gasteiger partial charge in [0.2, 0.25) is 0 Å². The van der Waals surface area contributed by atoms with Crippen molar-refractivity contribution in [2.45, 2.75) is 44.0 Å². The highest BCUT2D eigenvalue weighted by Crippen LogP contribution is 2.37. The van der Waals surface area contributed by atoms with Crippen LogP contribution < -0.4 is 0 Å². The molecule has 2 aromatic rings. The van der Waals surface area contributed by atoms with Crippen LogP contribution in [-0.2, 0) is 17.8 Å². The zero-order valence-corrected chi connectivity index (χ0v) is 16.0. The topological polar surface area (TPSA) is 28.6 Å². The average Bonchev–Trinajstić information content (AvgIpc) is 3.10. The minimum Gasteiger partial charge on any atom is -0.373 e. The molecule has 4 rings (SSSR count). The number of rotatable bonds is 5. The first-order valence-electron chi connectivity index (χ1n) is 9.83. The highest BCUT2D eigenvalue weighted by atomic mass is 19.1. The van der Waals surface area contributed by atoms with E-state index >= 15 is 0 Å². The smallest absolute Gasteiger partial charge is 0.123 e. The van der Waals surface area contributed by atoms with Crippen LogP contribution in [-0.4, -0.2) is 53.2 Å². The van der Waals surface area contributed by atoms with E-state index in [1.165, 1.54) is 5.56 Å². The minimum absolute atomic E-state index is 0.0301. The zero-order valence-electron chi connectivity index (χ0n) is 16.0. The molecular formula is C22H28FN3O. The molecule has 5 heteroatoms. The third kappa shape index (κ3) is 4.54. The van der Waals surface area contributed by atoms with Crippen LogP contribution in [0.3, 0.4) is 0 Å². The summed E-state index contributed by atoms with van der Waals surface area (Å²) in [5.74, 6) is -0.170. The second kappa shape index (κ2) is 8.05. The molecule has 1 aromatic heterocycles. The van der Waals surface area contributed by atoms with E-state index in [1.807, 2.05) is 30.5 Å². The van der Waals surface area contributed by atoms with Gasteiger partial charge in [0, 0.05) is 38.4 Å². The standard InChI is InChI=1S/C22H28FN3O/c1-25(16-20-4-2-3-11-24-20)21-14-22(27-17-21)9-12-26(13-10-22)15-18-5-7-19(23)8-6-18/h2-8,11,21H,9-10,12-17H2,1H3/t21-/m0/s1. The van der Waals surface area contributed by atoms with Crippen LogP contribution in [0.5, 0.6) is 0 Å². The molecule has 0 N–H and O–H groups in total. The van der Waals surface area contributed by atoms with Gasteiger partial charge in [-0.25, -0.2) is 4.39 Å². The van der Waals surface area contributed by atoms with E-state index in [9.17, 15) is 4.39 Å². The van der Waals surface area contributed by atoms with Gasteiger partial charge in [-0.05, 0) is 56.1 Å². The number of ether oxygens (including phenoxy) is 1. The van der Waals surface area contributed by atoms with Crippen molar-refractivity contribution >= 4 is 0 Å². The Hall–Kier alpha value is -1.82. The number of hydrogen-bond acceptors (Lipinski definition) is 4. The molecule has 3 heterocycles. The number of nitrogens with zero attached hydrogens (tertiary/aromatic N) is 3. The van der Waals surface area contributed by atoms with Gasteiger partial charge in [-0.15, -0.1) is 0 Å². The van der Waals surface area contributed by atoms with E-state index in [1.54, 1.807) is 12.1 Å². The number of piperidine rings is 1. The molecule has 0 radical (unpaired) electrons. The summed E-state index contributed by atoms with van der Waals surface area (Å²) in [6, 6.07) is 13.4. The lowest BCUT2D eigenvalue weighted by molar-refractivity contribution is -0.0452. The summed E-state index contributed by atoms with van der Waals surface area (Å²) in [5.41, 5.74) is 2.31.